The summed E-state index contributed by atoms with van der Waals surface area (Å²) in [6.45, 7) is 0.0488. The first-order chi connectivity index (χ1) is 10.8. The molecule has 0 radical (unpaired) electrons. The van der Waals surface area contributed by atoms with E-state index in [1.54, 1.807) is 0 Å². The summed E-state index contributed by atoms with van der Waals surface area (Å²) in [5.74, 6) is -0.0777. The van der Waals surface area contributed by atoms with E-state index in [1.807, 2.05) is 36.4 Å². The Balaban J connectivity index is 0.00000264. The van der Waals surface area contributed by atoms with Crippen LogP contribution >= 0.6 is 12.4 Å². The predicted octanol–water partition coefficient (Wildman–Crippen LogP) is 3.12. The van der Waals surface area contributed by atoms with Crippen LogP contribution in [0.25, 0.3) is 0 Å². The normalized spacial score (nSPS) is 10.2. The fourth-order valence-corrected chi connectivity index (χ4v) is 2.55. The number of rotatable bonds is 8. The number of nitrogens with two attached hydrogens (primary N) is 1. The first kappa shape index (κ1) is 19.2. The Bertz CT molecular complexity index is 517. The largest absolute Gasteiger partial charge is 0.352 e. The van der Waals surface area contributed by atoms with E-state index >= 15 is 0 Å². The molecule has 0 saturated heterocycles. The van der Waals surface area contributed by atoms with Crippen molar-refractivity contribution < 1.29 is 4.79 Å². The summed E-state index contributed by atoms with van der Waals surface area (Å²) in [4.78, 5) is 11.6. The predicted molar refractivity (Wildman–Crippen MR) is 97.8 cm³/mol. The van der Waals surface area contributed by atoms with E-state index < -0.39 is 0 Å². The quantitative estimate of drug-likeness (QED) is 0.780. The van der Waals surface area contributed by atoms with Gasteiger partial charge in [0.25, 0.3) is 0 Å². The third kappa shape index (κ3) is 7.31. The number of hydrogen-bond donors (Lipinski definition) is 2. The lowest BCUT2D eigenvalue weighted by molar-refractivity contribution is -0.120. The van der Waals surface area contributed by atoms with Crippen molar-refractivity contribution in [3.8, 4) is 0 Å². The average Bonchev–Trinajstić information content (AvgIpc) is 2.59. The standard InChI is InChI=1S/C19H24N2O.ClH/c20-15-19(22)21-18(13-11-16-7-3-1-4-8-16)14-12-17-9-5-2-6-10-17;/h1-10,18H,11-15,20H2,(H,21,22);1H. The van der Waals surface area contributed by atoms with Crippen LogP contribution in [0.2, 0.25) is 0 Å². The number of aryl methyl sites for hydroxylation is 2. The Hall–Kier alpha value is -1.84. The van der Waals surface area contributed by atoms with Crippen LogP contribution < -0.4 is 11.1 Å². The monoisotopic (exact) mass is 332 g/mol. The molecule has 2 aromatic rings. The maximum Gasteiger partial charge on any atom is 0.233 e. The number of hydrogen-bond acceptors (Lipinski definition) is 2. The summed E-state index contributed by atoms with van der Waals surface area (Å²) in [5.41, 5.74) is 8.02. The molecule has 0 aliphatic rings. The van der Waals surface area contributed by atoms with Gasteiger partial charge in [0, 0.05) is 6.04 Å². The Morgan fingerprint density at radius 2 is 1.30 bits per heavy atom. The van der Waals surface area contributed by atoms with Gasteiger partial charge in [0.05, 0.1) is 6.54 Å². The topological polar surface area (TPSA) is 55.1 Å². The van der Waals surface area contributed by atoms with E-state index in [1.165, 1.54) is 11.1 Å². The van der Waals surface area contributed by atoms with E-state index in [0.29, 0.717) is 0 Å². The summed E-state index contributed by atoms with van der Waals surface area (Å²) in [6, 6.07) is 20.9. The molecule has 2 aromatic carbocycles. The average molecular weight is 333 g/mol. The Kier molecular flexibility index (Phi) is 9.03. The van der Waals surface area contributed by atoms with Crippen LogP contribution in [-0.2, 0) is 17.6 Å². The van der Waals surface area contributed by atoms with Gasteiger partial charge in [-0.05, 0) is 36.8 Å². The number of amides is 1. The molecule has 0 aromatic heterocycles. The smallest absolute Gasteiger partial charge is 0.233 e. The van der Waals surface area contributed by atoms with Gasteiger partial charge in [-0.3, -0.25) is 4.79 Å². The summed E-state index contributed by atoms with van der Waals surface area (Å²) in [6.07, 6.45) is 3.79. The third-order valence-electron chi connectivity index (χ3n) is 3.80. The number of carbonyl (C=O) groups is 1. The zero-order valence-corrected chi connectivity index (χ0v) is 14.1. The van der Waals surface area contributed by atoms with Crippen molar-refractivity contribution in [3.63, 3.8) is 0 Å². The van der Waals surface area contributed by atoms with Crippen LogP contribution in [0, 0.1) is 0 Å². The zero-order valence-electron chi connectivity index (χ0n) is 13.3. The lowest BCUT2D eigenvalue weighted by atomic mass is 9.99. The molecule has 0 saturated carbocycles. The number of halogens is 1. The second kappa shape index (κ2) is 10.8. The van der Waals surface area contributed by atoms with Gasteiger partial charge in [-0.15, -0.1) is 12.4 Å². The molecular formula is C19H25ClN2O. The molecule has 0 aliphatic heterocycles. The summed E-state index contributed by atoms with van der Waals surface area (Å²) in [5, 5.41) is 3.04. The molecule has 0 spiro atoms. The molecule has 0 atom stereocenters. The first-order valence-electron chi connectivity index (χ1n) is 7.85. The molecule has 124 valence electrons. The van der Waals surface area contributed by atoms with Gasteiger partial charge in [-0.25, -0.2) is 0 Å². The van der Waals surface area contributed by atoms with E-state index in [9.17, 15) is 4.79 Å². The minimum absolute atomic E-state index is 0. The molecule has 23 heavy (non-hydrogen) atoms. The van der Waals surface area contributed by atoms with Crippen molar-refractivity contribution in [1.29, 1.82) is 0 Å². The van der Waals surface area contributed by atoms with Crippen molar-refractivity contribution in [2.75, 3.05) is 6.54 Å². The summed E-state index contributed by atoms with van der Waals surface area (Å²) >= 11 is 0. The zero-order chi connectivity index (χ0) is 15.6. The van der Waals surface area contributed by atoms with E-state index in [-0.39, 0.29) is 30.9 Å². The van der Waals surface area contributed by atoms with Crippen molar-refractivity contribution in [3.05, 3.63) is 71.8 Å². The molecule has 3 nitrogen and oxygen atoms in total. The molecular weight excluding hydrogens is 308 g/mol. The van der Waals surface area contributed by atoms with Gasteiger partial charge < -0.3 is 11.1 Å². The number of carbonyl (C=O) groups excluding carboxylic acids is 1. The SMILES string of the molecule is Cl.NCC(=O)NC(CCc1ccccc1)CCc1ccccc1. The number of nitrogens with one attached hydrogen (secondary N) is 1. The fraction of sp³-hybridized carbons (Fsp3) is 0.316. The molecule has 1 amide bonds. The van der Waals surface area contributed by atoms with Crippen LogP contribution in [0.3, 0.4) is 0 Å². The minimum Gasteiger partial charge on any atom is -0.352 e. The Labute approximate surface area is 144 Å². The van der Waals surface area contributed by atoms with Gasteiger partial charge in [-0.2, -0.15) is 0 Å². The minimum atomic E-state index is -0.0777. The maximum absolute atomic E-state index is 11.6. The molecule has 0 heterocycles. The first-order valence-corrected chi connectivity index (χ1v) is 7.85. The Morgan fingerprint density at radius 1 is 0.870 bits per heavy atom. The fourth-order valence-electron chi connectivity index (χ4n) is 2.55. The van der Waals surface area contributed by atoms with Crippen LogP contribution in [-0.4, -0.2) is 18.5 Å². The highest BCUT2D eigenvalue weighted by Gasteiger charge is 2.11. The molecule has 0 unspecified atom stereocenters. The van der Waals surface area contributed by atoms with E-state index in [2.05, 4.69) is 29.6 Å². The van der Waals surface area contributed by atoms with Crippen LogP contribution in [0.5, 0.6) is 0 Å². The van der Waals surface area contributed by atoms with Crippen LogP contribution in [0.15, 0.2) is 60.7 Å². The highest BCUT2D eigenvalue weighted by molar-refractivity contribution is 5.85. The van der Waals surface area contributed by atoms with Gasteiger partial charge in [0.1, 0.15) is 0 Å². The third-order valence-corrected chi connectivity index (χ3v) is 3.80. The lowest BCUT2D eigenvalue weighted by Gasteiger charge is -2.18. The molecule has 0 bridgehead atoms. The molecule has 0 fully saturated rings. The molecule has 4 heteroatoms. The maximum atomic E-state index is 11.6. The summed E-state index contributed by atoms with van der Waals surface area (Å²) in [7, 11) is 0. The van der Waals surface area contributed by atoms with E-state index in [0.717, 1.165) is 25.7 Å². The van der Waals surface area contributed by atoms with Crippen molar-refractivity contribution in [1.82, 2.24) is 5.32 Å². The second-order valence-corrected chi connectivity index (χ2v) is 5.52. The Morgan fingerprint density at radius 3 is 1.70 bits per heavy atom. The number of benzene rings is 2. The van der Waals surface area contributed by atoms with E-state index in [4.69, 9.17) is 5.73 Å². The molecule has 2 rings (SSSR count). The highest BCUT2D eigenvalue weighted by atomic mass is 35.5. The van der Waals surface area contributed by atoms with Gasteiger partial charge in [0.2, 0.25) is 5.91 Å². The van der Waals surface area contributed by atoms with Gasteiger partial charge >= 0.3 is 0 Å². The van der Waals surface area contributed by atoms with Gasteiger partial charge in [0.15, 0.2) is 0 Å². The van der Waals surface area contributed by atoms with Crippen molar-refractivity contribution >= 4 is 18.3 Å². The lowest BCUT2D eigenvalue weighted by Crippen LogP contribution is -2.39. The van der Waals surface area contributed by atoms with Crippen LogP contribution in [0.4, 0.5) is 0 Å². The molecule has 0 aliphatic carbocycles. The highest BCUT2D eigenvalue weighted by Crippen LogP contribution is 2.11. The molecule has 3 N–H and O–H groups in total. The van der Waals surface area contributed by atoms with Crippen molar-refractivity contribution in [2.45, 2.75) is 31.7 Å². The summed E-state index contributed by atoms with van der Waals surface area (Å²) < 4.78 is 0. The van der Waals surface area contributed by atoms with Gasteiger partial charge in [-0.1, -0.05) is 60.7 Å². The second-order valence-electron chi connectivity index (χ2n) is 5.52. The van der Waals surface area contributed by atoms with Crippen molar-refractivity contribution in [2.24, 2.45) is 5.73 Å². The van der Waals surface area contributed by atoms with Crippen LogP contribution in [0.1, 0.15) is 24.0 Å².